The molecular formula is C20H20FN3O2S. The third-order valence-electron chi connectivity index (χ3n) is 4.07. The molecule has 1 heterocycles. The van der Waals surface area contributed by atoms with Gasteiger partial charge in [-0.25, -0.2) is 9.07 Å². The molecule has 0 aliphatic carbocycles. The second kappa shape index (κ2) is 8.18. The van der Waals surface area contributed by atoms with Crippen molar-refractivity contribution in [1.29, 1.82) is 0 Å². The highest BCUT2D eigenvalue weighted by Gasteiger charge is 2.12. The second-order valence-corrected chi connectivity index (χ2v) is 6.53. The molecule has 0 unspecified atom stereocenters. The Bertz CT molecular complexity index is 1040. The van der Waals surface area contributed by atoms with Crippen LogP contribution in [0.5, 0.6) is 11.5 Å². The minimum Gasteiger partial charge on any atom is -0.497 e. The molecule has 140 valence electrons. The smallest absolute Gasteiger partial charge is 0.205 e. The first-order valence-corrected chi connectivity index (χ1v) is 9.12. The summed E-state index contributed by atoms with van der Waals surface area (Å²) < 4.78 is 25.8. The molecule has 0 radical (unpaired) electrons. The molecule has 0 aliphatic rings. The van der Waals surface area contributed by atoms with Gasteiger partial charge in [-0.1, -0.05) is 0 Å². The van der Waals surface area contributed by atoms with Crippen LogP contribution in [0.4, 0.5) is 4.39 Å². The summed E-state index contributed by atoms with van der Waals surface area (Å²) in [6.07, 6.45) is 0. The highest BCUT2D eigenvalue weighted by atomic mass is 32.1. The van der Waals surface area contributed by atoms with E-state index in [1.807, 2.05) is 30.5 Å². The molecule has 7 heteroatoms. The summed E-state index contributed by atoms with van der Waals surface area (Å²) in [5.74, 6) is 1.11. The number of halogens is 1. The SMILES string of the molecule is CN=c1scc(-c2ccc(F)cc2)n1N=C(C)c1ccc(OC)cc1OC. The standard InChI is InChI=1S/C20H20FN3O2S/c1-13(17-10-9-16(25-3)11-19(17)26-4)23-24-18(12-27-20(24)22-2)14-5-7-15(21)8-6-14/h5-12H,1-4H3. The Morgan fingerprint density at radius 2 is 1.81 bits per heavy atom. The minimum absolute atomic E-state index is 0.274. The second-order valence-electron chi connectivity index (χ2n) is 5.70. The molecule has 0 saturated heterocycles. The Morgan fingerprint density at radius 1 is 1.07 bits per heavy atom. The van der Waals surface area contributed by atoms with Gasteiger partial charge in [-0.05, 0) is 43.3 Å². The Morgan fingerprint density at radius 3 is 2.44 bits per heavy atom. The zero-order valence-corrected chi connectivity index (χ0v) is 16.4. The van der Waals surface area contributed by atoms with Crippen LogP contribution >= 0.6 is 11.3 Å². The van der Waals surface area contributed by atoms with E-state index in [1.54, 1.807) is 38.1 Å². The summed E-state index contributed by atoms with van der Waals surface area (Å²) in [5, 5.41) is 6.71. The number of methoxy groups -OCH3 is 2. The van der Waals surface area contributed by atoms with Crippen molar-refractivity contribution < 1.29 is 13.9 Å². The van der Waals surface area contributed by atoms with E-state index < -0.39 is 0 Å². The first kappa shape index (κ1) is 18.8. The summed E-state index contributed by atoms with van der Waals surface area (Å²) in [6, 6.07) is 11.9. The summed E-state index contributed by atoms with van der Waals surface area (Å²) in [5.41, 5.74) is 3.31. The molecular weight excluding hydrogens is 365 g/mol. The van der Waals surface area contributed by atoms with Gasteiger partial charge in [0.2, 0.25) is 4.80 Å². The lowest BCUT2D eigenvalue weighted by Gasteiger charge is -2.11. The van der Waals surface area contributed by atoms with E-state index in [1.165, 1.54) is 23.5 Å². The summed E-state index contributed by atoms with van der Waals surface area (Å²) >= 11 is 1.47. The van der Waals surface area contributed by atoms with Crippen molar-refractivity contribution in [2.45, 2.75) is 6.92 Å². The quantitative estimate of drug-likeness (QED) is 0.619. The largest absolute Gasteiger partial charge is 0.497 e. The molecule has 0 amide bonds. The normalized spacial score (nSPS) is 12.3. The first-order valence-electron chi connectivity index (χ1n) is 8.24. The molecule has 0 N–H and O–H groups in total. The zero-order valence-electron chi connectivity index (χ0n) is 15.6. The van der Waals surface area contributed by atoms with Crippen LogP contribution in [0.2, 0.25) is 0 Å². The topological polar surface area (TPSA) is 48.1 Å². The maximum atomic E-state index is 13.3. The van der Waals surface area contributed by atoms with E-state index in [4.69, 9.17) is 14.6 Å². The molecule has 0 aliphatic heterocycles. The molecule has 3 rings (SSSR count). The molecule has 0 atom stereocenters. The lowest BCUT2D eigenvalue weighted by Crippen LogP contribution is -2.14. The number of ether oxygens (including phenoxy) is 2. The summed E-state index contributed by atoms with van der Waals surface area (Å²) in [6.45, 7) is 1.91. The van der Waals surface area contributed by atoms with Crippen molar-refractivity contribution in [3.8, 4) is 22.8 Å². The van der Waals surface area contributed by atoms with Gasteiger partial charge >= 0.3 is 0 Å². The highest BCUT2D eigenvalue weighted by molar-refractivity contribution is 7.07. The minimum atomic E-state index is -0.274. The predicted molar refractivity (Wildman–Crippen MR) is 106 cm³/mol. The molecule has 5 nitrogen and oxygen atoms in total. The molecule has 2 aromatic carbocycles. The van der Waals surface area contributed by atoms with Crippen LogP contribution in [0.1, 0.15) is 12.5 Å². The molecule has 0 spiro atoms. The molecule has 0 saturated carbocycles. The van der Waals surface area contributed by atoms with E-state index in [0.29, 0.717) is 11.5 Å². The highest BCUT2D eigenvalue weighted by Crippen LogP contribution is 2.26. The van der Waals surface area contributed by atoms with Gasteiger partial charge in [-0.15, -0.1) is 11.3 Å². The first-order chi connectivity index (χ1) is 13.1. The van der Waals surface area contributed by atoms with Crippen LogP contribution in [0.15, 0.2) is 57.9 Å². The fourth-order valence-corrected chi connectivity index (χ4v) is 3.47. The average molecular weight is 385 g/mol. The van der Waals surface area contributed by atoms with Gasteiger partial charge in [0.1, 0.15) is 17.3 Å². The number of nitrogens with zero attached hydrogens (tertiary/aromatic N) is 3. The monoisotopic (exact) mass is 385 g/mol. The van der Waals surface area contributed by atoms with E-state index in [-0.39, 0.29) is 5.82 Å². The van der Waals surface area contributed by atoms with Crippen LogP contribution in [-0.2, 0) is 0 Å². The number of aromatic nitrogens is 1. The fraction of sp³-hybridized carbons (Fsp3) is 0.200. The number of hydrogen-bond acceptors (Lipinski definition) is 5. The van der Waals surface area contributed by atoms with Gasteiger partial charge in [-0.2, -0.15) is 5.10 Å². The average Bonchev–Trinajstić information content (AvgIpc) is 3.10. The zero-order chi connectivity index (χ0) is 19.4. The molecule has 3 aromatic rings. The van der Waals surface area contributed by atoms with Gasteiger partial charge < -0.3 is 9.47 Å². The number of thiazole rings is 1. The van der Waals surface area contributed by atoms with Crippen molar-refractivity contribution in [2.24, 2.45) is 10.1 Å². The summed E-state index contributed by atoms with van der Waals surface area (Å²) in [4.78, 5) is 5.04. The van der Waals surface area contributed by atoms with Gasteiger partial charge in [0.25, 0.3) is 0 Å². The Kier molecular flexibility index (Phi) is 5.71. The van der Waals surface area contributed by atoms with Crippen molar-refractivity contribution in [3.63, 3.8) is 0 Å². The third kappa shape index (κ3) is 3.93. The van der Waals surface area contributed by atoms with Crippen molar-refractivity contribution in [1.82, 2.24) is 4.68 Å². The van der Waals surface area contributed by atoms with Crippen molar-refractivity contribution in [3.05, 3.63) is 64.0 Å². The van der Waals surface area contributed by atoms with Crippen molar-refractivity contribution in [2.75, 3.05) is 21.3 Å². The number of benzene rings is 2. The third-order valence-corrected chi connectivity index (χ3v) is 4.97. The Labute approximate surface area is 161 Å². The maximum absolute atomic E-state index is 13.3. The molecule has 27 heavy (non-hydrogen) atoms. The van der Waals surface area contributed by atoms with Crippen molar-refractivity contribution >= 4 is 17.0 Å². The van der Waals surface area contributed by atoms with Gasteiger partial charge in [0, 0.05) is 29.6 Å². The Balaban J connectivity index is 2.12. The van der Waals surface area contributed by atoms with Gasteiger partial charge in [0.05, 0.1) is 25.6 Å². The number of rotatable bonds is 5. The van der Waals surface area contributed by atoms with Gasteiger partial charge in [-0.3, -0.25) is 4.99 Å². The fourth-order valence-electron chi connectivity index (χ4n) is 2.67. The van der Waals surface area contributed by atoms with Crippen LogP contribution in [0.3, 0.4) is 0 Å². The van der Waals surface area contributed by atoms with Crippen LogP contribution in [-0.4, -0.2) is 31.7 Å². The number of hydrogen-bond donors (Lipinski definition) is 0. The maximum Gasteiger partial charge on any atom is 0.205 e. The molecule has 0 bridgehead atoms. The van der Waals surface area contributed by atoms with E-state index >= 15 is 0 Å². The predicted octanol–water partition coefficient (Wildman–Crippen LogP) is 4.18. The van der Waals surface area contributed by atoms with E-state index in [2.05, 4.69) is 4.99 Å². The van der Waals surface area contributed by atoms with E-state index in [0.717, 1.165) is 27.3 Å². The van der Waals surface area contributed by atoms with Crippen LogP contribution in [0.25, 0.3) is 11.3 Å². The molecule has 0 fully saturated rings. The summed E-state index contributed by atoms with van der Waals surface area (Å²) in [7, 11) is 4.94. The van der Waals surface area contributed by atoms with Crippen LogP contribution in [0, 0.1) is 5.82 Å². The Hall–Kier alpha value is -2.93. The lowest BCUT2D eigenvalue weighted by molar-refractivity contribution is 0.394. The van der Waals surface area contributed by atoms with Crippen LogP contribution < -0.4 is 14.3 Å². The molecule has 1 aromatic heterocycles. The lowest BCUT2D eigenvalue weighted by atomic mass is 10.1. The van der Waals surface area contributed by atoms with E-state index in [9.17, 15) is 4.39 Å². The van der Waals surface area contributed by atoms with Gasteiger partial charge in [0.15, 0.2) is 0 Å².